The van der Waals surface area contributed by atoms with E-state index in [4.69, 9.17) is 4.52 Å². The van der Waals surface area contributed by atoms with E-state index in [1.54, 1.807) is 0 Å². The molecule has 192 valence electrons. The van der Waals surface area contributed by atoms with Crippen molar-refractivity contribution in [3.05, 3.63) is 0 Å². The highest BCUT2D eigenvalue weighted by Gasteiger charge is 2.64. The maximum absolute atomic E-state index is 11.9. The molecular formula is C27H49O5P. The Balaban J connectivity index is 1.53. The molecule has 4 rings (SSSR count). The Bertz CT molecular complexity index is 744. The summed E-state index contributed by atoms with van der Waals surface area (Å²) in [6.07, 6.45) is 10.3. The zero-order valence-electron chi connectivity index (χ0n) is 21.6. The minimum Gasteiger partial charge on any atom is -0.393 e. The summed E-state index contributed by atoms with van der Waals surface area (Å²) in [5.41, 5.74) is 0.499. The fourth-order valence-electron chi connectivity index (χ4n) is 9.84. The molecule has 0 bridgehead atoms. The highest BCUT2D eigenvalue weighted by molar-refractivity contribution is 7.52. The lowest BCUT2D eigenvalue weighted by molar-refractivity contribution is -0.203. The zero-order valence-corrected chi connectivity index (χ0v) is 22.5. The number of aliphatic hydroxyl groups is 2. The van der Waals surface area contributed by atoms with Crippen LogP contribution in [0.2, 0.25) is 0 Å². The largest absolute Gasteiger partial charge is 0.393 e. The number of rotatable bonds is 7. The molecule has 6 heteroatoms. The smallest absolute Gasteiger partial charge is 0.327 e. The lowest BCUT2D eigenvalue weighted by atomic mass is 9.41. The molecule has 33 heavy (non-hydrogen) atoms. The first-order valence-electron chi connectivity index (χ1n) is 13.7. The van der Waals surface area contributed by atoms with Crippen LogP contribution < -0.4 is 0 Å². The van der Waals surface area contributed by atoms with Gasteiger partial charge in [-0.25, -0.2) is 0 Å². The Morgan fingerprint density at radius 2 is 1.70 bits per heavy atom. The van der Waals surface area contributed by atoms with E-state index in [2.05, 4.69) is 27.7 Å². The second-order valence-corrected chi connectivity index (χ2v) is 14.9. The third kappa shape index (κ3) is 4.41. The molecule has 0 spiro atoms. The number of hydrogen-bond donors (Lipinski definition) is 3. The highest BCUT2D eigenvalue weighted by Crippen LogP contribution is 2.69. The highest BCUT2D eigenvalue weighted by atomic mass is 31.2. The molecule has 4 saturated carbocycles. The summed E-state index contributed by atoms with van der Waals surface area (Å²) < 4.78 is 16.7. The minimum atomic E-state index is -3.42. The lowest BCUT2D eigenvalue weighted by Crippen LogP contribution is -2.62. The van der Waals surface area contributed by atoms with E-state index < -0.39 is 7.60 Å². The first-order chi connectivity index (χ1) is 15.5. The average Bonchev–Trinajstić information content (AvgIpc) is 3.12. The van der Waals surface area contributed by atoms with Crippen molar-refractivity contribution < 1.29 is 24.2 Å². The Morgan fingerprint density at radius 3 is 2.36 bits per heavy atom. The van der Waals surface area contributed by atoms with Gasteiger partial charge in [-0.15, -0.1) is 0 Å². The van der Waals surface area contributed by atoms with E-state index >= 15 is 0 Å². The summed E-state index contributed by atoms with van der Waals surface area (Å²) in [7, 11) is -2.10. The van der Waals surface area contributed by atoms with E-state index in [1.165, 1.54) is 32.8 Å². The summed E-state index contributed by atoms with van der Waals surface area (Å²) in [6.45, 7) is 9.57. The minimum absolute atomic E-state index is 0.196. The quantitative estimate of drug-likeness (QED) is 0.394. The lowest BCUT2D eigenvalue weighted by Gasteiger charge is -2.64. The van der Waals surface area contributed by atoms with Gasteiger partial charge in [0.25, 0.3) is 0 Å². The van der Waals surface area contributed by atoms with Gasteiger partial charge in [0.2, 0.25) is 0 Å². The molecule has 0 aromatic rings. The number of fused-ring (bicyclic) bond motifs is 5. The van der Waals surface area contributed by atoms with Crippen LogP contribution in [0.1, 0.15) is 91.9 Å². The van der Waals surface area contributed by atoms with Crippen LogP contribution in [0.5, 0.6) is 0 Å². The summed E-state index contributed by atoms with van der Waals surface area (Å²) in [4.78, 5) is 9.77. The van der Waals surface area contributed by atoms with Gasteiger partial charge in [0.05, 0.1) is 12.2 Å². The number of aliphatic hydroxyl groups excluding tert-OH is 2. The van der Waals surface area contributed by atoms with Gasteiger partial charge in [-0.3, -0.25) is 4.57 Å². The molecular weight excluding hydrogens is 435 g/mol. The van der Waals surface area contributed by atoms with E-state index in [0.717, 1.165) is 38.5 Å². The fourth-order valence-corrected chi connectivity index (χ4v) is 10.6. The predicted molar refractivity (Wildman–Crippen MR) is 132 cm³/mol. The average molecular weight is 485 g/mol. The van der Waals surface area contributed by atoms with Gasteiger partial charge in [0.15, 0.2) is 0 Å². The van der Waals surface area contributed by atoms with Crippen molar-refractivity contribution in [3.8, 4) is 0 Å². The first-order valence-corrected chi connectivity index (χ1v) is 15.5. The van der Waals surface area contributed by atoms with Gasteiger partial charge in [-0.05, 0) is 110 Å². The van der Waals surface area contributed by atoms with Gasteiger partial charge in [0, 0.05) is 13.3 Å². The van der Waals surface area contributed by atoms with Crippen molar-refractivity contribution in [1.82, 2.24) is 0 Å². The van der Waals surface area contributed by atoms with Gasteiger partial charge in [-0.1, -0.05) is 34.1 Å². The summed E-state index contributed by atoms with van der Waals surface area (Å²) >= 11 is 0. The molecule has 4 unspecified atom stereocenters. The molecule has 0 amide bonds. The molecule has 4 fully saturated rings. The second-order valence-electron chi connectivity index (χ2n) is 12.8. The van der Waals surface area contributed by atoms with E-state index in [9.17, 15) is 19.7 Å². The summed E-state index contributed by atoms with van der Waals surface area (Å²) in [6, 6.07) is 0. The van der Waals surface area contributed by atoms with E-state index in [1.807, 2.05) is 0 Å². The monoisotopic (exact) mass is 484 g/mol. The third-order valence-electron chi connectivity index (χ3n) is 11.5. The molecule has 4 aliphatic carbocycles. The van der Waals surface area contributed by atoms with Crippen molar-refractivity contribution in [3.63, 3.8) is 0 Å². The SMILES string of the molecule is CC[C@H]1[C@@H](O)C2C3CC[C@H]([C@H](C)CCCP(=O)(O)OC)[C@@]3(C)CCC2[C@@]2(C)CC[C@@H](O)C[C@@H]12. The normalized spacial score (nSPS) is 50.1. The Morgan fingerprint density at radius 1 is 1.03 bits per heavy atom. The van der Waals surface area contributed by atoms with Crippen LogP contribution in [0, 0.1) is 52.3 Å². The van der Waals surface area contributed by atoms with Crippen LogP contribution in [-0.2, 0) is 9.09 Å². The first kappa shape index (κ1) is 26.1. The van der Waals surface area contributed by atoms with Gasteiger partial charge < -0.3 is 19.6 Å². The Kier molecular flexibility index (Phi) is 7.53. The van der Waals surface area contributed by atoms with Crippen LogP contribution >= 0.6 is 7.60 Å². The van der Waals surface area contributed by atoms with Gasteiger partial charge in [0.1, 0.15) is 0 Å². The molecule has 0 saturated heterocycles. The van der Waals surface area contributed by atoms with E-state index in [-0.39, 0.29) is 29.2 Å². The standard InChI is InChI=1S/C27H49O5P/c1-6-19-23-16-18(28)11-13-27(23,4)22-12-14-26(3)20(9-10-21(26)24(22)25(19)29)17(2)8-7-15-33(30,31)32-5/h17-25,28-29H,6-16H2,1-5H3,(H,30,31)/t17-,18-,19-,20-,21?,22?,23+,24?,25-,26-,27-/m1/s1. The maximum Gasteiger partial charge on any atom is 0.327 e. The fraction of sp³-hybridized carbons (Fsp3) is 1.00. The molecule has 12 atom stereocenters. The van der Waals surface area contributed by atoms with Crippen molar-refractivity contribution in [1.29, 1.82) is 0 Å². The van der Waals surface area contributed by atoms with E-state index in [0.29, 0.717) is 41.4 Å². The molecule has 0 aromatic carbocycles. The van der Waals surface area contributed by atoms with Crippen molar-refractivity contribution in [2.24, 2.45) is 52.3 Å². The molecule has 3 N–H and O–H groups in total. The van der Waals surface area contributed by atoms with Crippen LogP contribution in [0.4, 0.5) is 0 Å². The zero-order chi connectivity index (χ0) is 24.2. The molecule has 0 aromatic heterocycles. The van der Waals surface area contributed by atoms with Gasteiger partial charge >= 0.3 is 7.60 Å². The second kappa shape index (κ2) is 9.51. The third-order valence-corrected chi connectivity index (χ3v) is 13.0. The van der Waals surface area contributed by atoms with Crippen LogP contribution in [0.25, 0.3) is 0 Å². The van der Waals surface area contributed by atoms with Crippen LogP contribution in [-0.4, -0.2) is 40.6 Å². The molecule has 0 aliphatic heterocycles. The molecule has 4 aliphatic rings. The molecule has 0 radical (unpaired) electrons. The molecule has 0 heterocycles. The van der Waals surface area contributed by atoms with Gasteiger partial charge in [-0.2, -0.15) is 0 Å². The summed E-state index contributed by atoms with van der Waals surface area (Å²) in [5, 5.41) is 22.3. The van der Waals surface area contributed by atoms with Crippen molar-refractivity contribution in [2.45, 2.75) is 104 Å². The Hall–Kier alpha value is 0.0700. The predicted octanol–water partition coefficient (Wildman–Crippen LogP) is 5.86. The van der Waals surface area contributed by atoms with Crippen molar-refractivity contribution >= 4 is 7.60 Å². The summed E-state index contributed by atoms with van der Waals surface area (Å²) in [5.74, 6) is 3.41. The maximum atomic E-state index is 11.9. The van der Waals surface area contributed by atoms with Crippen LogP contribution in [0.15, 0.2) is 0 Å². The number of hydrogen-bond acceptors (Lipinski definition) is 4. The molecule has 5 nitrogen and oxygen atoms in total. The Labute approximate surface area is 201 Å². The topological polar surface area (TPSA) is 87.0 Å². The van der Waals surface area contributed by atoms with Crippen molar-refractivity contribution in [2.75, 3.05) is 13.3 Å². The van der Waals surface area contributed by atoms with Crippen LogP contribution in [0.3, 0.4) is 0 Å².